The Balaban J connectivity index is 0.000000720. The van der Waals surface area contributed by atoms with Crippen LogP contribution in [0.5, 0.6) is 0 Å². The lowest BCUT2D eigenvalue weighted by Gasteiger charge is -2.22. The second kappa shape index (κ2) is 5.32. The lowest BCUT2D eigenvalue weighted by Crippen LogP contribution is -2.35. The molecule has 1 heterocycles. The maximum Gasteiger partial charge on any atom is 0.0373 e. The van der Waals surface area contributed by atoms with Crippen molar-refractivity contribution in [2.45, 2.75) is 12.5 Å². The Morgan fingerprint density at radius 3 is 2.69 bits per heavy atom. The molecule has 0 radical (unpaired) electrons. The van der Waals surface area contributed by atoms with E-state index >= 15 is 0 Å². The summed E-state index contributed by atoms with van der Waals surface area (Å²) >= 11 is 0. The third kappa shape index (κ3) is 2.76. The van der Waals surface area contributed by atoms with E-state index in [0.29, 0.717) is 0 Å². The van der Waals surface area contributed by atoms with Gasteiger partial charge in [-0.3, -0.25) is 0 Å². The van der Waals surface area contributed by atoms with Crippen molar-refractivity contribution >= 4 is 30.5 Å². The SMILES string of the molecule is Cl.Cl.N[C@H]1CNc2ccccc2C1. The number of nitrogens with one attached hydrogen (secondary N) is 1. The maximum atomic E-state index is 5.79. The van der Waals surface area contributed by atoms with Gasteiger partial charge in [-0.1, -0.05) is 18.2 Å². The standard InChI is InChI=1S/C9H12N2.2ClH/c10-8-5-7-3-1-2-4-9(7)11-6-8;;/h1-4,8,11H,5-6,10H2;2*1H/t8-;;/m1../s1. The molecule has 2 nitrogen and oxygen atoms in total. The molecule has 0 bridgehead atoms. The van der Waals surface area contributed by atoms with E-state index < -0.39 is 0 Å². The number of para-hydroxylation sites is 1. The number of fused-ring (bicyclic) bond motifs is 1. The largest absolute Gasteiger partial charge is 0.383 e. The minimum atomic E-state index is 0. The Labute approximate surface area is 90.7 Å². The summed E-state index contributed by atoms with van der Waals surface area (Å²) in [4.78, 5) is 0. The first-order valence-corrected chi connectivity index (χ1v) is 3.93. The normalized spacial score (nSPS) is 18.7. The molecular weight excluding hydrogens is 207 g/mol. The van der Waals surface area contributed by atoms with E-state index in [4.69, 9.17) is 5.73 Å². The van der Waals surface area contributed by atoms with Gasteiger partial charge in [0, 0.05) is 18.3 Å². The zero-order chi connectivity index (χ0) is 7.68. The molecule has 13 heavy (non-hydrogen) atoms. The van der Waals surface area contributed by atoms with Crippen LogP contribution in [0, 0.1) is 0 Å². The van der Waals surface area contributed by atoms with Gasteiger partial charge >= 0.3 is 0 Å². The fourth-order valence-electron chi connectivity index (χ4n) is 1.47. The molecule has 1 atom stereocenters. The number of hydrogen-bond acceptors (Lipinski definition) is 2. The quantitative estimate of drug-likeness (QED) is 0.701. The van der Waals surface area contributed by atoms with Gasteiger partial charge in [0.25, 0.3) is 0 Å². The van der Waals surface area contributed by atoms with Crippen molar-refractivity contribution in [3.8, 4) is 0 Å². The predicted molar refractivity (Wildman–Crippen MR) is 61.1 cm³/mol. The van der Waals surface area contributed by atoms with Crippen LogP contribution in [-0.4, -0.2) is 12.6 Å². The molecule has 0 saturated heterocycles. The van der Waals surface area contributed by atoms with E-state index in [2.05, 4.69) is 23.5 Å². The molecule has 0 spiro atoms. The molecule has 0 saturated carbocycles. The van der Waals surface area contributed by atoms with Crippen molar-refractivity contribution in [1.82, 2.24) is 0 Å². The van der Waals surface area contributed by atoms with Crippen molar-refractivity contribution in [3.63, 3.8) is 0 Å². The van der Waals surface area contributed by atoms with Gasteiger partial charge in [0.2, 0.25) is 0 Å². The van der Waals surface area contributed by atoms with Gasteiger partial charge in [0.05, 0.1) is 0 Å². The van der Waals surface area contributed by atoms with E-state index in [1.165, 1.54) is 11.3 Å². The van der Waals surface area contributed by atoms with Crippen molar-refractivity contribution < 1.29 is 0 Å². The highest BCUT2D eigenvalue weighted by Gasteiger charge is 2.12. The summed E-state index contributed by atoms with van der Waals surface area (Å²) in [7, 11) is 0. The fourth-order valence-corrected chi connectivity index (χ4v) is 1.47. The number of rotatable bonds is 0. The molecule has 1 aromatic rings. The van der Waals surface area contributed by atoms with Crippen LogP contribution in [0.1, 0.15) is 5.56 Å². The molecule has 0 aromatic heterocycles. The Hall–Kier alpha value is -0.440. The first-order valence-electron chi connectivity index (χ1n) is 3.93. The summed E-state index contributed by atoms with van der Waals surface area (Å²) < 4.78 is 0. The van der Waals surface area contributed by atoms with Gasteiger partial charge in [0.1, 0.15) is 0 Å². The molecule has 2 rings (SSSR count). The Bertz CT molecular complexity index is 266. The predicted octanol–water partition coefficient (Wildman–Crippen LogP) is 1.83. The molecule has 1 aliphatic heterocycles. The lowest BCUT2D eigenvalue weighted by atomic mass is 10.0. The number of nitrogens with two attached hydrogens (primary N) is 1. The van der Waals surface area contributed by atoms with Gasteiger partial charge in [-0.2, -0.15) is 0 Å². The molecule has 74 valence electrons. The number of hydrogen-bond donors (Lipinski definition) is 2. The zero-order valence-electron chi connectivity index (χ0n) is 7.19. The summed E-state index contributed by atoms with van der Waals surface area (Å²) in [5, 5.41) is 3.29. The third-order valence-electron chi connectivity index (χ3n) is 2.05. The molecule has 0 amide bonds. The fraction of sp³-hybridized carbons (Fsp3) is 0.333. The van der Waals surface area contributed by atoms with E-state index in [9.17, 15) is 0 Å². The van der Waals surface area contributed by atoms with E-state index in [0.717, 1.165) is 13.0 Å². The molecule has 0 aliphatic carbocycles. The minimum absolute atomic E-state index is 0. The van der Waals surface area contributed by atoms with E-state index in [-0.39, 0.29) is 30.9 Å². The molecule has 1 aromatic carbocycles. The highest BCUT2D eigenvalue weighted by atomic mass is 35.5. The van der Waals surface area contributed by atoms with E-state index in [1.807, 2.05) is 6.07 Å². The number of anilines is 1. The monoisotopic (exact) mass is 220 g/mol. The van der Waals surface area contributed by atoms with Crippen LogP contribution in [0.25, 0.3) is 0 Å². The Morgan fingerprint density at radius 2 is 1.92 bits per heavy atom. The lowest BCUT2D eigenvalue weighted by molar-refractivity contribution is 0.679. The molecule has 0 unspecified atom stereocenters. The van der Waals surface area contributed by atoms with Crippen LogP contribution in [-0.2, 0) is 6.42 Å². The number of benzene rings is 1. The van der Waals surface area contributed by atoms with Crippen molar-refractivity contribution in [2.75, 3.05) is 11.9 Å². The zero-order valence-corrected chi connectivity index (χ0v) is 8.83. The van der Waals surface area contributed by atoms with Crippen LogP contribution in [0.4, 0.5) is 5.69 Å². The summed E-state index contributed by atoms with van der Waals surface area (Å²) in [5.41, 5.74) is 8.37. The second-order valence-corrected chi connectivity index (χ2v) is 3.00. The maximum absolute atomic E-state index is 5.79. The summed E-state index contributed by atoms with van der Waals surface area (Å²) in [6, 6.07) is 8.61. The van der Waals surface area contributed by atoms with Crippen LogP contribution < -0.4 is 11.1 Å². The van der Waals surface area contributed by atoms with Crippen molar-refractivity contribution in [3.05, 3.63) is 29.8 Å². The molecule has 0 fully saturated rings. The minimum Gasteiger partial charge on any atom is -0.383 e. The van der Waals surface area contributed by atoms with Gasteiger partial charge < -0.3 is 11.1 Å². The van der Waals surface area contributed by atoms with Crippen LogP contribution in [0.15, 0.2) is 24.3 Å². The van der Waals surface area contributed by atoms with Gasteiger partial charge in [-0.25, -0.2) is 0 Å². The topological polar surface area (TPSA) is 38.0 Å². The van der Waals surface area contributed by atoms with Gasteiger partial charge in [-0.15, -0.1) is 24.8 Å². The smallest absolute Gasteiger partial charge is 0.0373 e. The van der Waals surface area contributed by atoms with Gasteiger partial charge in [0.15, 0.2) is 0 Å². The summed E-state index contributed by atoms with van der Waals surface area (Å²) in [5.74, 6) is 0. The van der Waals surface area contributed by atoms with Crippen LogP contribution in [0.3, 0.4) is 0 Å². The molecule has 3 N–H and O–H groups in total. The first kappa shape index (κ1) is 12.6. The first-order chi connectivity index (χ1) is 5.36. The highest BCUT2D eigenvalue weighted by molar-refractivity contribution is 5.85. The van der Waals surface area contributed by atoms with Crippen LogP contribution in [0.2, 0.25) is 0 Å². The number of halogens is 2. The Morgan fingerprint density at radius 1 is 1.23 bits per heavy atom. The molecule has 1 aliphatic rings. The van der Waals surface area contributed by atoms with Gasteiger partial charge in [-0.05, 0) is 18.1 Å². The van der Waals surface area contributed by atoms with Crippen molar-refractivity contribution in [1.29, 1.82) is 0 Å². The second-order valence-electron chi connectivity index (χ2n) is 3.00. The summed E-state index contributed by atoms with van der Waals surface area (Å²) in [6.45, 7) is 0.900. The average Bonchev–Trinajstić information content (AvgIpc) is 2.04. The Kier molecular flexibility index (Phi) is 5.14. The van der Waals surface area contributed by atoms with Crippen LogP contribution >= 0.6 is 24.8 Å². The summed E-state index contributed by atoms with van der Waals surface area (Å²) in [6.07, 6.45) is 1.00. The molecule has 4 heteroatoms. The average molecular weight is 221 g/mol. The highest BCUT2D eigenvalue weighted by Crippen LogP contribution is 2.19. The third-order valence-corrected chi connectivity index (χ3v) is 2.05. The van der Waals surface area contributed by atoms with E-state index in [1.54, 1.807) is 0 Å². The van der Waals surface area contributed by atoms with Crippen molar-refractivity contribution in [2.24, 2.45) is 5.73 Å². The molecular formula is C9H14Cl2N2.